The lowest BCUT2D eigenvalue weighted by molar-refractivity contribution is -0.131. The molecular weight excluding hydrogens is 860 g/mol. The van der Waals surface area contributed by atoms with Gasteiger partial charge in [-0.2, -0.15) is 10.5 Å². The number of alkyl halides is 1. The van der Waals surface area contributed by atoms with Crippen LogP contribution < -0.4 is 0 Å². The quantitative estimate of drug-likeness (QED) is 0.272. The standard InChI is InChI=1S/C22H32BrNO2.C22H33NO2.Br2/c1-21(26)7-5-15-13(10-21)3-4-17-16(15)6-8-22(2)18(17)9-14(12-24)20(22)19(25)11-23;1-13(24)20-15(12-23)10-19-18-5-4-14-11-21(2,25)8-6-16(14)17(18)7-9-22(19,20)3;1-2/h13-18,20,26H,3-11H2,1-2H3;14-20,25H,4-11H2,1-3H3;/t13-,14+,15+,16-,17-,18+,20-,21-,22+;14-,15+,16+,17-,18-,19+,20+,21-,22+;/m11./s1. The molecule has 6 nitrogen and oxygen atoms in total. The molecule has 0 saturated heterocycles. The number of rotatable bonds is 3. The van der Waals surface area contributed by atoms with E-state index in [9.17, 15) is 30.3 Å². The summed E-state index contributed by atoms with van der Waals surface area (Å²) in [7, 11) is 0. The molecule has 8 fully saturated rings. The fraction of sp³-hybridized carbons (Fsp3) is 0.909. The first-order valence-corrected chi connectivity index (χ1v) is 25.9. The fourth-order valence-corrected chi connectivity index (χ4v) is 16.3. The van der Waals surface area contributed by atoms with Crippen LogP contribution in [0, 0.1) is 116 Å². The maximum absolute atomic E-state index is 12.7. The molecule has 296 valence electrons. The van der Waals surface area contributed by atoms with Gasteiger partial charge in [-0.3, -0.25) is 9.59 Å². The van der Waals surface area contributed by atoms with E-state index in [1.807, 2.05) is 13.8 Å². The Morgan fingerprint density at radius 2 is 1.02 bits per heavy atom. The Kier molecular flexibility index (Phi) is 12.9. The molecule has 8 rings (SSSR count). The third kappa shape index (κ3) is 7.58. The Bertz CT molecular complexity index is 1460. The molecule has 0 radical (unpaired) electrons. The van der Waals surface area contributed by atoms with Gasteiger partial charge in [0.1, 0.15) is 11.6 Å². The van der Waals surface area contributed by atoms with Crippen molar-refractivity contribution in [2.24, 2.45) is 93.7 Å². The molecule has 8 aliphatic carbocycles. The minimum absolute atomic E-state index is 0.0133. The summed E-state index contributed by atoms with van der Waals surface area (Å²) in [6, 6.07) is 4.98. The van der Waals surface area contributed by atoms with Crippen molar-refractivity contribution in [2.45, 2.75) is 149 Å². The number of hydrogen-bond donors (Lipinski definition) is 2. The second-order valence-electron chi connectivity index (χ2n) is 20.5. The summed E-state index contributed by atoms with van der Waals surface area (Å²) in [5.41, 5.74) is -0.875. The Morgan fingerprint density at radius 1 is 0.623 bits per heavy atom. The summed E-state index contributed by atoms with van der Waals surface area (Å²) in [5, 5.41) is 40.8. The van der Waals surface area contributed by atoms with Crippen molar-refractivity contribution in [1.82, 2.24) is 0 Å². The van der Waals surface area contributed by atoms with Gasteiger partial charge in [0.05, 0.1) is 40.5 Å². The molecule has 0 amide bonds. The van der Waals surface area contributed by atoms with Gasteiger partial charge < -0.3 is 10.2 Å². The highest BCUT2D eigenvalue weighted by molar-refractivity contribution is 9.93. The molecule has 0 aromatic carbocycles. The van der Waals surface area contributed by atoms with Gasteiger partial charge in [-0.1, -0.05) is 29.8 Å². The van der Waals surface area contributed by atoms with Crippen LogP contribution in [0.3, 0.4) is 0 Å². The minimum Gasteiger partial charge on any atom is -0.390 e. The van der Waals surface area contributed by atoms with Gasteiger partial charge in [0, 0.05) is 40.1 Å². The number of carbonyl (C=O) groups is 2. The van der Waals surface area contributed by atoms with E-state index in [0.29, 0.717) is 40.8 Å². The molecule has 0 unspecified atom stereocenters. The predicted octanol–water partition coefficient (Wildman–Crippen LogP) is 10.8. The van der Waals surface area contributed by atoms with Crippen molar-refractivity contribution in [3.63, 3.8) is 0 Å². The third-order valence-corrected chi connectivity index (χ3v) is 18.4. The maximum Gasteiger partial charge on any atom is 0.148 e. The summed E-state index contributed by atoms with van der Waals surface area (Å²) in [4.78, 5) is 25.0. The van der Waals surface area contributed by atoms with Gasteiger partial charge in [-0.25, -0.2) is 0 Å². The van der Waals surface area contributed by atoms with E-state index < -0.39 is 11.2 Å². The van der Waals surface area contributed by atoms with Crippen LogP contribution in [0.1, 0.15) is 137 Å². The molecule has 0 aliphatic heterocycles. The van der Waals surface area contributed by atoms with Gasteiger partial charge >= 0.3 is 0 Å². The number of ketones is 2. The summed E-state index contributed by atoms with van der Waals surface area (Å²) < 4.78 is 0. The molecule has 8 saturated carbocycles. The lowest BCUT2D eigenvalue weighted by Gasteiger charge is -2.56. The molecule has 18 atom stereocenters. The Balaban J connectivity index is 0.000000173. The van der Waals surface area contributed by atoms with Crippen molar-refractivity contribution < 1.29 is 19.8 Å². The number of carbonyl (C=O) groups excluding carboxylic acids is 2. The van der Waals surface area contributed by atoms with Gasteiger partial charge in [0.2, 0.25) is 0 Å². The molecule has 9 heteroatoms. The second kappa shape index (κ2) is 16.1. The van der Waals surface area contributed by atoms with Crippen LogP contribution in [-0.4, -0.2) is 38.3 Å². The van der Waals surface area contributed by atoms with Gasteiger partial charge in [-0.05, 0) is 194 Å². The van der Waals surface area contributed by atoms with Crippen LogP contribution in [0.5, 0.6) is 0 Å². The van der Waals surface area contributed by atoms with Crippen molar-refractivity contribution in [2.75, 3.05) is 5.33 Å². The van der Waals surface area contributed by atoms with Gasteiger partial charge in [0.15, 0.2) is 0 Å². The predicted molar refractivity (Wildman–Crippen MR) is 219 cm³/mol. The van der Waals surface area contributed by atoms with Crippen molar-refractivity contribution in [1.29, 1.82) is 10.5 Å². The number of nitrogens with zero attached hydrogens (tertiary/aromatic N) is 2. The van der Waals surface area contributed by atoms with E-state index in [1.54, 1.807) is 6.92 Å². The average Bonchev–Trinajstić information content (AvgIpc) is 3.62. The number of Topliss-reactive ketones (excluding diaryl/α,β-unsaturated/α-hetero) is 2. The van der Waals surface area contributed by atoms with Crippen molar-refractivity contribution >= 4 is 55.8 Å². The maximum atomic E-state index is 12.7. The zero-order valence-corrected chi connectivity index (χ0v) is 37.6. The number of fused-ring (bicyclic) bond motifs is 10. The van der Waals surface area contributed by atoms with Crippen LogP contribution >= 0.6 is 44.2 Å². The zero-order valence-electron chi connectivity index (χ0n) is 32.8. The molecular formula is C44H65Br3N2O4. The highest BCUT2D eigenvalue weighted by atomic mass is 80.9. The average molecular weight is 926 g/mol. The first kappa shape index (κ1) is 42.3. The summed E-state index contributed by atoms with van der Waals surface area (Å²) >= 11 is 8.86. The fourth-order valence-electron chi connectivity index (χ4n) is 15.9. The Hall–Kier alpha value is -0.320. The molecule has 0 aromatic rings. The zero-order chi connectivity index (χ0) is 38.7. The monoisotopic (exact) mass is 922 g/mol. The van der Waals surface area contributed by atoms with Crippen LogP contribution in [0.4, 0.5) is 0 Å². The number of hydrogen-bond acceptors (Lipinski definition) is 6. The molecule has 2 N–H and O–H groups in total. The number of halogens is 3. The smallest absolute Gasteiger partial charge is 0.148 e. The largest absolute Gasteiger partial charge is 0.390 e. The summed E-state index contributed by atoms with van der Waals surface area (Å²) in [6.07, 6.45) is 17.6. The van der Waals surface area contributed by atoms with Crippen molar-refractivity contribution in [3.8, 4) is 12.1 Å². The minimum atomic E-state index is -0.468. The number of nitriles is 2. The molecule has 0 bridgehead atoms. The third-order valence-electron chi connectivity index (χ3n) is 17.8. The van der Waals surface area contributed by atoms with Crippen molar-refractivity contribution in [3.05, 3.63) is 0 Å². The summed E-state index contributed by atoms with van der Waals surface area (Å²) in [6.45, 7) is 10.4. The normalized spacial score (nSPS) is 52.0. The molecule has 0 aromatic heterocycles. The van der Waals surface area contributed by atoms with E-state index in [1.165, 1.54) is 44.9 Å². The molecule has 53 heavy (non-hydrogen) atoms. The first-order valence-electron chi connectivity index (χ1n) is 21.0. The van der Waals surface area contributed by atoms with Gasteiger partial charge in [-0.15, -0.1) is 0 Å². The van der Waals surface area contributed by atoms with E-state index in [0.717, 1.165) is 81.5 Å². The molecule has 8 aliphatic rings. The van der Waals surface area contributed by atoms with Gasteiger partial charge in [0.25, 0.3) is 0 Å². The van der Waals surface area contributed by atoms with E-state index in [-0.39, 0.29) is 46.1 Å². The first-order chi connectivity index (χ1) is 25.1. The van der Waals surface area contributed by atoms with Crippen LogP contribution in [0.15, 0.2) is 0 Å². The lowest BCUT2D eigenvalue weighted by Crippen LogP contribution is -2.51. The van der Waals surface area contributed by atoms with E-state index in [4.69, 9.17) is 0 Å². The second-order valence-corrected chi connectivity index (χ2v) is 21.1. The summed E-state index contributed by atoms with van der Waals surface area (Å²) in [5.74, 6) is 7.03. The van der Waals surface area contributed by atoms with Crippen LogP contribution in [0.2, 0.25) is 0 Å². The molecule has 0 spiro atoms. The van der Waals surface area contributed by atoms with Crippen LogP contribution in [-0.2, 0) is 9.59 Å². The van der Waals surface area contributed by atoms with Crippen LogP contribution in [0.25, 0.3) is 0 Å². The van der Waals surface area contributed by atoms with E-state index in [2.05, 4.69) is 70.2 Å². The topological polar surface area (TPSA) is 122 Å². The number of aliphatic hydroxyl groups is 2. The lowest BCUT2D eigenvalue weighted by atomic mass is 9.49. The highest BCUT2D eigenvalue weighted by Gasteiger charge is 2.63. The Morgan fingerprint density at radius 3 is 1.42 bits per heavy atom. The highest BCUT2D eigenvalue weighted by Crippen LogP contribution is 2.67. The SMILES string of the molecule is BrBr.CC(=O)[C@H]1[C@H](C#N)C[C@H]2[C@@H]3CC[C@@H]4C[C@](C)(O)CC[C@@H]4[C@H]3CC[C@@]21C.C[C@@]1(O)CC[C@H]2[C@H](CC[C@@H]3[C@@H]2CC[C@@]2(C)[C@H]3C[C@@H](C#N)[C@@H]2C(=O)CBr)C1. The molecule has 0 heterocycles. The Labute approximate surface area is 343 Å². The van der Waals surface area contributed by atoms with E-state index >= 15 is 0 Å².